The number of rotatable bonds is 6. The molecule has 2 aromatic rings. The van der Waals surface area contributed by atoms with Gasteiger partial charge in [-0.05, 0) is 56.6 Å². The molecule has 0 saturated carbocycles. The topological polar surface area (TPSA) is 69.7 Å². The molecule has 6 nitrogen and oxygen atoms in total. The van der Waals surface area contributed by atoms with Crippen LogP contribution in [-0.4, -0.2) is 56.3 Å². The Balaban J connectivity index is 1.55. The van der Waals surface area contributed by atoms with Gasteiger partial charge in [0.25, 0.3) is 0 Å². The number of hydrogen-bond donors (Lipinski definition) is 1. The number of benzene rings is 2. The van der Waals surface area contributed by atoms with Crippen molar-refractivity contribution in [3.05, 3.63) is 65.5 Å². The number of halogens is 1. The maximum Gasteiger partial charge on any atom is 0.243 e. The zero-order valence-electron chi connectivity index (χ0n) is 17.3. The van der Waals surface area contributed by atoms with E-state index in [9.17, 15) is 17.6 Å². The monoisotopic (exact) mass is 433 g/mol. The highest BCUT2D eigenvalue weighted by Crippen LogP contribution is 2.18. The summed E-state index contributed by atoms with van der Waals surface area (Å²) >= 11 is 0. The van der Waals surface area contributed by atoms with E-state index in [0.29, 0.717) is 37.5 Å². The first-order chi connectivity index (χ1) is 14.3. The molecule has 2 aromatic carbocycles. The third kappa shape index (κ3) is 5.65. The van der Waals surface area contributed by atoms with Crippen molar-refractivity contribution in [3.63, 3.8) is 0 Å². The van der Waals surface area contributed by atoms with Crippen LogP contribution in [0.5, 0.6) is 0 Å². The average Bonchev–Trinajstić information content (AvgIpc) is 2.94. The van der Waals surface area contributed by atoms with Crippen molar-refractivity contribution in [2.75, 3.05) is 32.7 Å². The van der Waals surface area contributed by atoms with Crippen LogP contribution in [0.25, 0.3) is 0 Å². The van der Waals surface area contributed by atoms with Crippen LogP contribution in [0, 0.1) is 12.7 Å². The van der Waals surface area contributed by atoms with Crippen molar-refractivity contribution < 1.29 is 17.6 Å². The minimum absolute atomic E-state index is 0.137. The molecule has 1 fully saturated rings. The second kappa shape index (κ2) is 9.68. The Morgan fingerprint density at radius 1 is 1.03 bits per heavy atom. The highest BCUT2D eigenvalue weighted by atomic mass is 32.2. The third-order valence-corrected chi connectivity index (χ3v) is 7.23. The minimum Gasteiger partial charge on any atom is -0.348 e. The fourth-order valence-electron chi connectivity index (χ4n) is 3.53. The maximum absolute atomic E-state index is 13.1. The molecule has 3 rings (SSSR count). The van der Waals surface area contributed by atoms with Gasteiger partial charge in [-0.15, -0.1) is 0 Å². The van der Waals surface area contributed by atoms with Gasteiger partial charge in [0.05, 0.1) is 17.5 Å². The molecule has 1 aliphatic heterocycles. The van der Waals surface area contributed by atoms with E-state index < -0.39 is 10.0 Å². The normalized spacial score (nSPS) is 17.3. The van der Waals surface area contributed by atoms with Crippen LogP contribution in [0.4, 0.5) is 4.39 Å². The lowest BCUT2D eigenvalue weighted by Gasteiger charge is -2.22. The summed E-state index contributed by atoms with van der Waals surface area (Å²) in [6, 6.07) is 12.7. The summed E-state index contributed by atoms with van der Waals surface area (Å²) in [5.74, 6) is -0.450. The van der Waals surface area contributed by atoms with E-state index in [1.807, 2.05) is 18.7 Å². The Kier molecular flexibility index (Phi) is 7.23. The van der Waals surface area contributed by atoms with Crippen LogP contribution in [0.1, 0.15) is 30.5 Å². The predicted octanol–water partition coefficient (Wildman–Crippen LogP) is 2.71. The number of nitrogens with one attached hydrogen (secondary N) is 1. The molecule has 0 aromatic heterocycles. The molecule has 1 saturated heterocycles. The third-order valence-electron chi connectivity index (χ3n) is 5.32. The molecule has 0 radical (unpaired) electrons. The fraction of sp³-hybridized carbons (Fsp3) is 0.409. The number of sulfonamides is 1. The molecule has 1 heterocycles. The van der Waals surface area contributed by atoms with E-state index >= 15 is 0 Å². The molecule has 8 heteroatoms. The molecule has 0 bridgehead atoms. The van der Waals surface area contributed by atoms with Crippen LogP contribution in [0.3, 0.4) is 0 Å². The van der Waals surface area contributed by atoms with Gasteiger partial charge in [-0.2, -0.15) is 4.31 Å². The smallest absolute Gasteiger partial charge is 0.243 e. The van der Waals surface area contributed by atoms with Crippen molar-refractivity contribution in [2.24, 2.45) is 0 Å². The van der Waals surface area contributed by atoms with Crippen LogP contribution < -0.4 is 5.32 Å². The Morgan fingerprint density at radius 2 is 1.70 bits per heavy atom. The van der Waals surface area contributed by atoms with E-state index in [1.54, 1.807) is 36.4 Å². The lowest BCUT2D eigenvalue weighted by molar-refractivity contribution is -0.122. The second-order valence-electron chi connectivity index (χ2n) is 7.69. The number of amides is 1. The SMILES string of the molecule is Cc1ccc(S(=O)(=O)N2CCCN(CC(=O)N[C@@H](C)c3ccc(F)cc3)CC2)cc1. The van der Waals surface area contributed by atoms with Crippen LogP contribution in [0.15, 0.2) is 53.4 Å². The van der Waals surface area contributed by atoms with Crippen molar-refractivity contribution in [3.8, 4) is 0 Å². The second-order valence-corrected chi connectivity index (χ2v) is 9.63. The van der Waals surface area contributed by atoms with Gasteiger partial charge in [0.2, 0.25) is 15.9 Å². The van der Waals surface area contributed by atoms with Crippen molar-refractivity contribution >= 4 is 15.9 Å². The van der Waals surface area contributed by atoms with E-state index in [2.05, 4.69) is 5.32 Å². The van der Waals surface area contributed by atoms with E-state index in [1.165, 1.54) is 16.4 Å². The molecular formula is C22H28FN3O3S. The quantitative estimate of drug-likeness (QED) is 0.761. The lowest BCUT2D eigenvalue weighted by atomic mass is 10.1. The largest absolute Gasteiger partial charge is 0.348 e. The average molecular weight is 434 g/mol. The number of nitrogens with zero attached hydrogens (tertiary/aromatic N) is 2. The molecule has 0 spiro atoms. The summed E-state index contributed by atoms with van der Waals surface area (Å²) in [4.78, 5) is 14.7. The summed E-state index contributed by atoms with van der Waals surface area (Å²) in [7, 11) is -3.54. The van der Waals surface area contributed by atoms with E-state index in [4.69, 9.17) is 0 Å². The Labute approximate surface area is 177 Å². The highest BCUT2D eigenvalue weighted by molar-refractivity contribution is 7.89. The molecule has 30 heavy (non-hydrogen) atoms. The summed E-state index contributed by atoms with van der Waals surface area (Å²) < 4.78 is 40.4. The van der Waals surface area contributed by atoms with E-state index in [0.717, 1.165) is 11.1 Å². The van der Waals surface area contributed by atoms with Gasteiger partial charge in [0.1, 0.15) is 5.82 Å². The van der Waals surface area contributed by atoms with Crippen molar-refractivity contribution in [2.45, 2.75) is 31.2 Å². The molecule has 1 N–H and O–H groups in total. The molecular weight excluding hydrogens is 405 g/mol. The van der Waals surface area contributed by atoms with Gasteiger partial charge in [0, 0.05) is 19.6 Å². The first-order valence-electron chi connectivity index (χ1n) is 10.1. The fourth-order valence-corrected chi connectivity index (χ4v) is 5.00. The molecule has 162 valence electrons. The Morgan fingerprint density at radius 3 is 2.37 bits per heavy atom. The van der Waals surface area contributed by atoms with Gasteiger partial charge in [-0.25, -0.2) is 12.8 Å². The molecule has 0 aliphatic carbocycles. The Bertz CT molecular complexity index is 962. The summed E-state index contributed by atoms with van der Waals surface area (Å²) in [5.41, 5.74) is 1.84. The van der Waals surface area contributed by atoms with Crippen molar-refractivity contribution in [1.82, 2.24) is 14.5 Å². The van der Waals surface area contributed by atoms with Gasteiger partial charge < -0.3 is 5.32 Å². The van der Waals surface area contributed by atoms with Crippen molar-refractivity contribution in [1.29, 1.82) is 0 Å². The van der Waals surface area contributed by atoms with Gasteiger partial charge >= 0.3 is 0 Å². The molecule has 1 amide bonds. The first-order valence-corrected chi connectivity index (χ1v) is 11.5. The van der Waals surface area contributed by atoms with E-state index in [-0.39, 0.29) is 24.3 Å². The molecule has 0 unspecified atom stereocenters. The summed E-state index contributed by atoms with van der Waals surface area (Å²) in [6.45, 7) is 5.88. The standard InChI is InChI=1S/C22H28FN3O3S/c1-17-4-10-21(11-5-17)30(28,29)26-13-3-12-25(14-15-26)16-22(27)24-18(2)19-6-8-20(23)9-7-19/h4-11,18H,3,12-16H2,1-2H3,(H,24,27)/t18-/m0/s1. The van der Waals surface area contributed by atoms with Crippen LogP contribution in [-0.2, 0) is 14.8 Å². The number of hydrogen-bond acceptors (Lipinski definition) is 4. The van der Waals surface area contributed by atoms with Gasteiger partial charge in [-0.3, -0.25) is 9.69 Å². The maximum atomic E-state index is 13.1. The van der Waals surface area contributed by atoms with Gasteiger partial charge in [0.15, 0.2) is 0 Å². The van der Waals surface area contributed by atoms with Crippen LogP contribution in [0.2, 0.25) is 0 Å². The summed E-state index contributed by atoms with van der Waals surface area (Å²) in [5, 5.41) is 2.92. The first kappa shape index (κ1) is 22.4. The highest BCUT2D eigenvalue weighted by Gasteiger charge is 2.27. The lowest BCUT2D eigenvalue weighted by Crippen LogP contribution is -2.40. The molecule has 1 aliphatic rings. The number of carbonyl (C=O) groups is 1. The zero-order valence-corrected chi connectivity index (χ0v) is 18.2. The molecule has 1 atom stereocenters. The minimum atomic E-state index is -3.54. The predicted molar refractivity (Wildman–Crippen MR) is 114 cm³/mol. The number of carbonyl (C=O) groups excluding carboxylic acids is 1. The Hall–Kier alpha value is -2.29. The number of aryl methyl sites for hydroxylation is 1. The van der Waals surface area contributed by atoms with Crippen LogP contribution >= 0.6 is 0 Å². The zero-order chi connectivity index (χ0) is 21.7. The summed E-state index contributed by atoms with van der Waals surface area (Å²) in [6.07, 6.45) is 0.659. The van der Waals surface area contributed by atoms with Gasteiger partial charge in [-0.1, -0.05) is 29.8 Å².